The van der Waals surface area contributed by atoms with Crippen molar-refractivity contribution >= 4 is 12.1 Å². The van der Waals surface area contributed by atoms with Crippen LogP contribution >= 0.6 is 0 Å². The van der Waals surface area contributed by atoms with Crippen LogP contribution in [0.3, 0.4) is 0 Å². The Labute approximate surface area is 53.4 Å². The van der Waals surface area contributed by atoms with Gasteiger partial charge in [0.05, 0.1) is 0 Å². The molecule has 0 radical (unpaired) electrons. The number of amides is 3. The standard InChI is InChI=1S/C2H2N2O6/c5-1(4(9)10)3(8)2(6)7/h8H,(H,6,7). The molecule has 8 heteroatoms. The second kappa shape index (κ2) is 2.73. The van der Waals surface area contributed by atoms with Gasteiger partial charge in [0, 0.05) is 9.99 Å². The van der Waals surface area contributed by atoms with Gasteiger partial charge in [0.25, 0.3) is 0 Å². The van der Waals surface area contributed by atoms with E-state index < -0.39 is 22.1 Å². The second-order valence-corrected chi connectivity index (χ2v) is 1.13. The Hall–Kier alpha value is -1.70. The first-order chi connectivity index (χ1) is 4.46. The van der Waals surface area contributed by atoms with Gasteiger partial charge < -0.3 is 15.2 Å². The molecule has 0 heterocycles. The molecule has 0 bridgehead atoms. The molecule has 0 aromatic rings. The number of carboxylic acid groups (broad SMARTS) is 1. The third-order valence-electron chi connectivity index (χ3n) is 0.519. The molecule has 0 saturated carbocycles. The van der Waals surface area contributed by atoms with Gasteiger partial charge in [-0.3, -0.25) is 0 Å². The molecule has 0 rings (SSSR count). The Balaban J connectivity index is 4.22. The second-order valence-electron chi connectivity index (χ2n) is 1.13. The Kier molecular flexibility index (Phi) is 2.27. The van der Waals surface area contributed by atoms with Crippen molar-refractivity contribution < 1.29 is 24.8 Å². The van der Waals surface area contributed by atoms with Gasteiger partial charge in [-0.2, -0.15) is 14.8 Å². The maximum absolute atomic E-state index is 9.88. The first kappa shape index (κ1) is 8.30. The summed E-state index contributed by atoms with van der Waals surface area (Å²) in [5.41, 5.74) is 0. The molecule has 0 spiro atoms. The molecule has 10 heavy (non-hydrogen) atoms. The van der Waals surface area contributed by atoms with Gasteiger partial charge in [-0.05, 0) is 0 Å². The summed E-state index contributed by atoms with van der Waals surface area (Å²) in [6.07, 6.45) is -2.10. The topological polar surface area (TPSA) is 121 Å². The normalized spacial score (nSPS) is 8.50. The van der Waals surface area contributed by atoms with E-state index in [0.29, 0.717) is 0 Å². The van der Waals surface area contributed by atoms with Crippen LogP contribution in [0.25, 0.3) is 0 Å². The summed E-state index contributed by atoms with van der Waals surface area (Å²) in [6.45, 7) is 0. The van der Waals surface area contributed by atoms with E-state index in [-0.39, 0.29) is 0 Å². The van der Waals surface area contributed by atoms with Crippen molar-refractivity contribution in [2.24, 2.45) is 0 Å². The van der Waals surface area contributed by atoms with Crippen LogP contribution in [0.4, 0.5) is 9.59 Å². The highest BCUT2D eigenvalue weighted by Crippen LogP contribution is 1.87. The highest BCUT2D eigenvalue weighted by Gasteiger charge is 2.31. The van der Waals surface area contributed by atoms with Crippen LogP contribution in [-0.4, -0.2) is 32.4 Å². The van der Waals surface area contributed by atoms with E-state index in [1.807, 2.05) is 0 Å². The lowest BCUT2D eigenvalue weighted by atomic mass is 10.9. The monoisotopic (exact) mass is 150 g/mol. The molecule has 0 fully saturated rings. The summed E-state index contributed by atoms with van der Waals surface area (Å²) in [5, 5.41) is 24.2. The molecule has 0 aliphatic carbocycles. The van der Waals surface area contributed by atoms with E-state index in [0.717, 1.165) is 0 Å². The van der Waals surface area contributed by atoms with Crippen LogP contribution in [0.5, 0.6) is 0 Å². The average Bonchev–Trinajstić information content (AvgIpc) is 1.84. The van der Waals surface area contributed by atoms with Crippen molar-refractivity contribution in [1.82, 2.24) is 5.06 Å². The number of hydrogen-bond acceptors (Lipinski definition) is 5. The van der Waals surface area contributed by atoms with Crippen molar-refractivity contribution in [2.75, 3.05) is 0 Å². The van der Waals surface area contributed by atoms with Gasteiger partial charge in [-0.1, -0.05) is 0 Å². The lowest BCUT2D eigenvalue weighted by Gasteiger charge is -1.96. The number of carbonyl (C=O) groups excluding carboxylic acids is 1. The Bertz CT molecular complexity index is 186. The maximum Gasteiger partial charge on any atom is 0.576 e. The summed E-state index contributed by atoms with van der Waals surface area (Å²) < 4.78 is 0. The minimum Gasteiger partial charge on any atom is -0.444 e. The van der Waals surface area contributed by atoms with Crippen LogP contribution in [-0.2, 0) is 0 Å². The molecule has 56 valence electrons. The van der Waals surface area contributed by atoms with Crippen LogP contribution in [0.1, 0.15) is 0 Å². The van der Waals surface area contributed by atoms with Crippen molar-refractivity contribution in [3.8, 4) is 0 Å². The fourth-order valence-corrected chi connectivity index (χ4v) is 0.159. The predicted molar refractivity (Wildman–Crippen MR) is 24.0 cm³/mol. The van der Waals surface area contributed by atoms with Crippen LogP contribution in [0, 0.1) is 10.1 Å². The zero-order chi connectivity index (χ0) is 8.31. The quantitative estimate of drug-likeness (QED) is 0.279. The lowest BCUT2D eigenvalue weighted by Crippen LogP contribution is -2.35. The van der Waals surface area contributed by atoms with E-state index >= 15 is 0 Å². The molecule has 0 saturated heterocycles. The van der Waals surface area contributed by atoms with E-state index in [2.05, 4.69) is 0 Å². The van der Waals surface area contributed by atoms with Crippen molar-refractivity contribution in [1.29, 1.82) is 0 Å². The minimum atomic E-state index is -2.10. The van der Waals surface area contributed by atoms with Gasteiger partial charge in [-0.15, -0.1) is 0 Å². The van der Waals surface area contributed by atoms with Gasteiger partial charge in [0.1, 0.15) is 0 Å². The molecular formula is C2H2N2O6. The van der Waals surface area contributed by atoms with Crippen molar-refractivity contribution in [3.05, 3.63) is 10.1 Å². The van der Waals surface area contributed by atoms with Crippen LogP contribution < -0.4 is 0 Å². The average molecular weight is 150 g/mol. The van der Waals surface area contributed by atoms with Crippen LogP contribution in [0.15, 0.2) is 0 Å². The number of rotatable bonds is 0. The van der Waals surface area contributed by atoms with Crippen LogP contribution in [0.2, 0.25) is 0 Å². The summed E-state index contributed by atoms with van der Waals surface area (Å²) >= 11 is 0. The first-order valence-corrected chi connectivity index (χ1v) is 1.87. The van der Waals surface area contributed by atoms with E-state index in [4.69, 9.17) is 10.3 Å². The molecular weight excluding hydrogens is 148 g/mol. The smallest absolute Gasteiger partial charge is 0.444 e. The number of hydrogen-bond donors (Lipinski definition) is 2. The number of nitro groups is 1. The number of imide groups is 1. The Morgan fingerprint density at radius 2 is 1.90 bits per heavy atom. The molecule has 3 amide bonds. The maximum atomic E-state index is 9.88. The number of hydroxylamine groups is 2. The van der Waals surface area contributed by atoms with E-state index in [9.17, 15) is 19.7 Å². The minimum absolute atomic E-state index is 1.01. The fourth-order valence-electron chi connectivity index (χ4n) is 0.159. The zero-order valence-corrected chi connectivity index (χ0v) is 4.42. The molecule has 0 unspecified atom stereocenters. The van der Waals surface area contributed by atoms with Gasteiger partial charge >= 0.3 is 12.1 Å². The zero-order valence-electron chi connectivity index (χ0n) is 4.42. The third-order valence-corrected chi connectivity index (χ3v) is 0.519. The van der Waals surface area contributed by atoms with E-state index in [1.165, 1.54) is 0 Å². The summed E-state index contributed by atoms with van der Waals surface area (Å²) in [6, 6.07) is -2.10. The summed E-state index contributed by atoms with van der Waals surface area (Å²) in [4.78, 5) is 27.4. The van der Waals surface area contributed by atoms with Crippen molar-refractivity contribution in [2.45, 2.75) is 0 Å². The van der Waals surface area contributed by atoms with Crippen molar-refractivity contribution in [3.63, 3.8) is 0 Å². The highest BCUT2D eigenvalue weighted by molar-refractivity contribution is 5.83. The predicted octanol–water partition coefficient (Wildman–Crippen LogP) is -0.248. The van der Waals surface area contributed by atoms with Gasteiger partial charge in [0.2, 0.25) is 0 Å². The highest BCUT2D eigenvalue weighted by atomic mass is 16.7. The molecule has 0 aromatic carbocycles. The summed E-state index contributed by atoms with van der Waals surface area (Å²) in [5.74, 6) is 0. The largest absolute Gasteiger partial charge is 0.576 e. The first-order valence-electron chi connectivity index (χ1n) is 1.87. The fraction of sp³-hybridized carbons (Fsp3) is 0. The molecule has 0 aliphatic heterocycles. The molecule has 8 nitrogen and oxygen atoms in total. The molecule has 0 aromatic heterocycles. The number of carbonyl (C=O) groups is 2. The van der Waals surface area contributed by atoms with Gasteiger partial charge in [0.15, 0.2) is 0 Å². The molecule has 0 atom stereocenters. The van der Waals surface area contributed by atoms with Gasteiger partial charge in [-0.25, -0.2) is 0 Å². The number of nitrogens with zero attached hydrogens (tertiary/aromatic N) is 2. The van der Waals surface area contributed by atoms with E-state index in [1.54, 1.807) is 0 Å². The Morgan fingerprint density at radius 3 is 2.00 bits per heavy atom. The third kappa shape index (κ3) is 1.67. The SMILES string of the molecule is O=C(O)N(O)C(=O)[N+](=O)[O-]. The Morgan fingerprint density at radius 1 is 1.50 bits per heavy atom. The molecule has 0 aliphatic rings. The molecule has 2 N–H and O–H groups in total. The lowest BCUT2D eigenvalue weighted by molar-refractivity contribution is -0.394. The summed E-state index contributed by atoms with van der Waals surface area (Å²) in [7, 11) is 0. The number of urea groups is 1.